The van der Waals surface area contributed by atoms with Crippen LogP contribution in [0.4, 0.5) is 11.4 Å². The van der Waals surface area contributed by atoms with Gasteiger partial charge in [0.05, 0.1) is 49.0 Å². The quantitative estimate of drug-likeness (QED) is 0.262. The zero-order chi connectivity index (χ0) is 26.3. The van der Waals surface area contributed by atoms with E-state index in [0.717, 1.165) is 0 Å². The number of ether oxygens (including phenoxy) is 4. The number of aliphatic imine (C=N–C) groups is 1. The lowest BCUT2D eigenvalue weighted by Crippen LogP contribution is -2.24. The van der Waals surface area contributed by atoms with E-state index in [0.29, 0.717) is 28.3 Å². The van der Waals surface area contributed by atoms with Crippen LogP contribution in [0.3, 0.4) is 0 Å². The predicted octanol–water partition coefficient (Wildman–Crippen LogP) is 4.22. The van der Waals surface area contributed by atoms with Crippen molar-refractivity contribution in [1.29, 1.82) is 0 Å². The minimum absolute atomic E-state index is 0.0184. The number of allylic oxidation sites excluding steroid dienone is 1. The number of benzene rings is 2. The minimum atomic E-state index is -4.01. The van der Waals surface area contributed by atoms with E-state index in [1.807, 2.05) is 0 Å². The van der Waals surface area contributed by atoms with Gasteiger partial charge in [0, 0.05) is 19.2 Å². The van der Waals surface area contributed by atoms with Crippen LogP contribution >= 0.6 is 0 Å². The number of nitro groups is 1. The fraction of sp³-hybridized carbons (Fsp3) is 0.240. The van der Waals surface area contributed by atoms with Gasteiger partial charge in [-0.05, 0) is 42.0 Å². The van der Waals surface area contributed by atoms with Crippen LogP contribution < -0.4 is 4.74 Å². The monoisotopic (exact) mass is 514 g/mol. The molecule has 190 valence electrons. The van der Waals surface area contributed by atoms with Crippen LogP contribution in [-0.2, 0) is 24.0 Å². The maximum absolute atomic E-state index is 13.4. The van der Waals surface area contributed by atoms with Crippen LogP contribution in [-0.4, -0.2) is 59.3 Å². The van der Waals surface area contributed by atoms with Crippen molar-refractivity contribution in [3.8, 4) is 5.75 Å². The van der Waals surface area contributed by atoms with Gasteiger partial charge in [0.25, 0.3) is 10.8 Å². The molecule has 1 unspecified atom stereocenters. The van der Waals surface area contributed by atoms with Gasteiger partial charge in [-0.3, -0.25) is 15.1 Å². The Balaban J connectivity index is 1.99. The first-order valence-corrected chi connectivity index (χ1v) is 12.3. The number of nitrogens with zero attached hydrogens (tertiary/aromatic N) is 2. The van der Waals surface area contributed by atoms with Crippen molar-refractivity contribution in [2.45, 2.75) is 6.10 Å². The Kier molecular flexibility index (Phi) is 8.62. The summed E-state index contributed by atoms with van der Waals surface area (Å²) in [5.41, 5.74) is 1.71. The lowest BCUT2D eigenvalue weighted by molar-refractivity contribution is -0.384. The Morgan fingerprint density at radius 2 is 1.72 bits per heavy atom. The number of methoxy groups -OCH3 is 4. The molecule has 3 rings (SSSR count). The summed E-state index contributed by atoms with van der Waals surface area (Å²) in [6.45, 7) is 0. The third-order valence-corrected chi connectivity index (χ3v) is 6.88. The second kappa shape index (κ2) is 11.6. The van der Waals surface area contributed by atoms with Crippen molar-refractivity contribution >= 4 is 32.7 Å². The molecule has 0 saturated carbocycles. The van der Waals surface area contributed by atoms with Gasteiger partial charge in [-0.2, -0.15) is 0 Å². The summed E-state index contributed by atoms with van der Waals surface area (Å²) in [7, 11) is 1.58. The van der Waals surface area contributed by atoms with Crippen molar-refractivity contribution < 1.29 is 32.3 Å². The highest BCUT2D eigenvalue weighted by Gasteiger charge is 2.29. The Labute approximate surface area is 209 Å². The van der Waals surface area contributed by atoms with Gasteiger partial charge in [-0.15, -0.1) is 0 Å². The molecule has 0 radical (unpaired) electrons. The smallest absolute Gasteiger partial charge is 0.269 e. The number of hydrogen-bond acceptors (Lipinski definition) is 9. The van der Waals surface area contributed by atoms with Crippen LogP contribution in [0.2, 0.25) is 0 Å². The average molecular weight is 515 g/mol. The molecular weight excluding hydrogens is 488 g/mol. The first kappa shape index (κ1) is 26.6. The van der Waals surface area contributed by atoms with E-state index in [2.05, 4.69) is 4.99 Å². The summed E-state index contributed by atoms with van der Waals surface area (Å²) < 4.78 is 48.3. The van der Waals surface area contributed by atoms with Gasteiger partial charge in [-0.25, -0.2) is 8.42 Å². The van der Waals surface area contributed by atoms with Gasteiger partial charge in [0.2, 0.25) is 9.84 Å². The van der Waals surface area contributed by atoms with Crippen molar-refractivity contribution in [2.75, 3.05) is 34.2 Å². The van der Waals surface area contributed by atoms with Crippen LogP contribution in [0, 0.1) is 10.1 Å². The molecule has 0 amide bonds. The molecule has 2 aromatic carbocycles. The van der Waals surface area contributed by atoms with E-state index in [4.69, 9.17) is 18.9 Å². The molecule has 0 bridgehead atoms. The summed E-state index contributed by atoms with van der Waals surface area (Å²) in [6.07, 6.45) is 4.41. The molecule has 0 N–H and O–H groups in total. The summed E-state index contributed by atoms with van der Waals surface area (Å²) >= 11 is 0. The van der Waals surface area contributed by atoms with Crippen molar-refractivity contribution in [2.24, 2.45) is 4.99 Å². The third-order valence-electron chi connectivity index (χ3n) is 5.25. The highest BCUT2D eigenvalue weighted by molar-refractivity contribution is 7.95. The Morgan fingerprint density at radius 1 is 1.03 bits per heavy atom. The topological polar surface area (TPSA) is 127 Å². The normalized spacial score (nSPS) is 17.3. The molecule has 1 atom stereocenters. The molecule has 36 heavy (non-hydrogen) atoms. The maximum Gasteiger partial charge on any atom is 0.269 e. The first-order chi connectivity index (χ1) is 17.2. The number of sulfone groups is 1. The molecule has 0 heterocycles. The third kappa shape index (κ3) is 5.99. The molecule has 2 aromatic rings. The Morgan fingerprint density at radius 3 is 2.31 bits per heavy atom. The number of nitro benzene ring substituents is 1. The molecule has 0 fully saturated rings. The summed E-state index contributed by atoms with van der Waals surface area (Å²) in [4.78, 5) is 14.9. The lowest BCUT2D eigenvalue weighted by atomic mass is 10.0. The van der Waals surface area contributed by atoms with E-state index in [-0.39, 0.29) is 16.5 Å². The number of para-hydroxylation sites is 1. The Bertz CT molecular complexity index is 1340. The van der Waals surface area contributed by atoms with Gasteiger partial charge in [0.1, 0.15) is 11.9 Å². The van der Waals surface area contributed by atoms with Gasteiger partial charge >= 0.3 is 0 Å². The summed E-state index contributed by atoms with van der Waals surface area (Å²) in [5, 5.41) is 10.6. The fourth-order valence-corrected chi connectivity index (χ4v) is 5.07. The fourth-order valence-electron chi connectivity index (χ4n) is 3.59. The van der Waals surface area contributed by atoms with Crippen LogP contribution in [0.25, 0.3) is 5.76 Å². The molecule has 0 aromatic heterocycles. The molecule has 0 aliphatic heterocycles. The largest absolute Gasteiger partial charge is 0.496 e. The molecule has 1 aliphatic carbocycles. The SMILES string of the molecule is COC(=C(OC)S(=O)(=O)CC1=CC(=Nc2ccc([N+](=O)[O-])cc2)C(OC)C=C1)c1ccccc1OC. The van der Waals surface area contributed by atoms with Crippen molar-refractivity contribution in [1.82, 2.24) is 0 Å². The van der Waals surface area contributed by atoms with E-state index in [9.17, 15) is 18.5 Å². The van der Waals surface area contributed by atoms with Crippen LogP contribution in [0.1, 0.15) is 5.56 Å². The van der Waals surface area contributed by atoms with E-state index < -0.39 is 26.6 Å². The van der Waals surface area contributed by atoms with E-state index in [1.54, 1.807) is 42.5 Å². The lowest BCUT2D eigenvalue weighted by Gasteiger charge is -2.19. The highest BCUT2D eigenvalue weighted by atomic mass is 32.2. The second-order valence-corrected chi connectivity index (χ2v) is 9.42. The molecule has 0 saturated heterocycles. The zero-order valence-electron chi connectivity index (χ0n) is 20.2. The van der Waals surface area contributed by atoms with Gasteiger partial charge in [0.15, 0.2) is 5.76 Å². The molecule has 11 heteroatoms. The number of rotatable bonds is 10. The predicted molar refractivity (Wildman–Crippen MR) is 136 cm³/mol. The maximum atomic E-state index is 13.4. The van der Waals surface area contributed by atoms with Gasteiger partial charge < -0.3 is 18.9 Å². The zero-order valence-corrected chi connectivity index (χ0v) is 21.0. The molecule has 1 aliphatic rings. The minimum Gasteiger partial charge on any atom is -0.496 e. The van der Waals surface area contributed by atoms with E-state index >= 15 is 0 Å². The second-order valence-electron chi connectivity index (χ2n) is 7.53. The standard InChI is InChI=1S/C25H26N2O8S/c1-32-22-8-6-5-7-20(22)24(34-3)25(35-4)36(30,31)16-17-9-14-23(33-2)21(15-17)26-18-10-12-19(13-11-18)27(28)29/h5-15,23H,16H2,1-4H3. The molecular formula is C25H26N2O8S. The van der Waals surface area contributed by atoms with Crippen LogP contribution in [0.5, 0.6) is 5.75 Å². The Hall–Kier alpha value is -3.96. The summed E-state index contributed by atoms with van der Waals surface area (Å²) in [6, 6.07) is 12.5. The first-order valence-electron chi connectivity index (χ1n) is 10.7. The number of hydrogen-bond donors (Lipinski definition) is 0. The van der Waals surface area contributed by atoms with E-state index in [1.165, 1.54) is 52.7 Å². The van der Waals surface area contributed by atoms with Crippen molar-refractivity contribution in [3.63, 3.8) is 0 Å². The van der Waals surface area contributed by atoms with Gasteiger partial charge in [-0.1, -0.05) is 18.2 Å². The molecule has 10 nitrogen and oxygen atoms in total. The number of non-ortho nitro benzene ring substituents is 1. The summed E-state index contributed by atoms with van der Waals surface area (Å²) in [5.74, 6) is 0.0471. The van der Waals surface area contributed by atoms with Crippen LogP contribution in [0.15, 0.2) is 82.4 Å². The molecule has 0 spiro atoms. The average Bonchev–Trinajstić information content (AvgIpc) is 2.87. The van der Waals surface area contributed by atoms with Crippen molar-refractivity contribution in [3.05, 3.63) is 93.1 Å². The highest BCUT2D eigenvalue weighted by Crippen LogP contribution is 2.32.